The third-order valence-electron chi connectivity index (χ3n) is 1.85. The molecule has 0 amide bonds. The summed E-state index contributed by atoms with van der Waals surface area (Å²) in [4.78, 5) is 5.46. The molecule has 0 radical (unpaired) electrons. The number of nitrogens with zero attached hydrogens (tertiary/aromatic N) is 2. The maximum atomic E-state index is 4.19. The van der Waals surface area contributed by atoms with Gasteiger partial charge in [0, 0.05) is 35.9 Å². The lowest BCUT2D eigenvalue weighted by atomic mass is 10.3. The minimum Gasteiger partial charge on any atom is -0.308 e. The van der Waals surface area contributed by atoms with Crippen LogP contribution in [0.5, 0.6) is 0 Å². The molecule has 0 unspecified atom stereocenters. The molecule has 0 bridgehead atoms. The number of aryl methyl sites for hydroxylation is 1. The first kappa shape index (κ1) is 9.36. The van der Waals surface area contributed by atoms with Gasteiger partial charge in [-0.1, -0.05) is 0 Å². The molecule has 0 saturated heterocycles. The van der Waals surface area contributed by atoms with Crippen LogP contribution in [0.4, 0.5) is 0 Å². The van der Waals surface area contributed by atoms with Crippen molar-refractivity contribution >= 4 is 11.3 Å². The van der Waals surface area contributed by atoms with Crippen molar-refractivity contribution in [3.63, 3.8) is 0 Å². The molecule has 0 aliphatic heterocycles. The van der Waals surface area contributed by atoms with Crippen LogP contribution in [-0.2, 0) is 13.1 Å². The van der Waals surface area contributed by atoms with Crippen molar-refractivity contribution in [2.45, 2.75) is 20.0 Å². The Balaban J connectivity index is 1.78. The summed E-state index contributed by atoms with van der Waals surface area (Å²) in [6.07, 6.45) is 5.64. The zero-order valence-corrected chi connectivity index (χ0v) is 8.77. The smallest absolute Gasteiger partial charge is 0.0897 e. The summed E-state index contributed by atoms with van der Waals surface area (Å²) in [7, 11) is 0. The van der Waals surface area contributed by atoms with Crippen molar-refractivity contribution < 1.29 is 0 Å². The van der Waals surface area contributed by atoms with Crippen LogP contribution < -0.4 is 5.32 Å². The fourth-order valence-electron chi connectivity index (χ4n) is 1.19. The Morgan fingerprint density at radius 2 is 2.36 bits per heavy atom. The van der Waals surface area contributed by atoms with Crippen LogP contribution >= 0.6 is 11.3 Å². The van der Waals surface area contributed by atoms with Crippen molar-refractivity contribution in [2.75, 3.05) is 0 Å². The van der Waals surface area contributed by atoms with Crippen LogP contribution in [0.2, 0.25) is 0 Å². The Labute approximate surface area is 86.4 Å². The van der Waals surface area contributed by atoms with Crippen LogP contribution in [0, 0.1) is 6.92 Å². The van der Waals surface area contributed by atoms with E-state index in [4.69, 9.17) is 0 Å². The monoisotopic (exact) mass is 208 g/mol. The number of hydrogen-bond donors (Lipinski definition) is 2. The fourth-order valence-corrected chi connectivity index (χ4v) is 1.96. The van der Waals surface area contributed by atoms with Gasteiger partial charge in [0.25, 0.3) is 0 Å². The SMILES string of the molecule is Cc1ncc(CNCc2cn[nH]c2)s1. The minimum absolute atomic E-state index is 0.841. The van der Waals surface area contributed by atoms with Gasteiger partial charge in [0.1, 0.15) is 0 Å². The first-order valence-electron chi connectivity index (χ1n) is 4.44. The van der Waals surface area contributed by atoms with Gasteiger partial charge in [-0.25, -0.2) is 4.98 Å². The van der Waals surface area contributed by atoms with Crippen LogP contribution in [-0.4, -0.2) is 15.2 Å². The molecule has 2 aromatic heterocycles. The number of H-pyrrole nitrogens is 1. The van der Waals surface area contributed by atoms with E-state index >= 15 is 0 Å². The molecule has 0 aliphatic rings. The van der Waals surface area contributed by atoms with Gasteiger partial charge in [-0.15, -0.1) is 11.3 Å². The normalized spacial score (nSPS) is 10.6. The molecule has 74 valence electrons. The van der Waals surface area contributed by atoms with E-state index in [1.165, 1.54) is 10.4 Å². The summed E-state index contributed by atoms with van der Waals surface area (Å²) < 4.78 is 0. The molecule has 0 atom stereocenters. The van der Waals surface area contributed by atoms with Crippen LogP contribution in [0.3, 0.4) is 0 Å². The number of thiazole rings is 1. The highest BCUT2D eigenvalue weighted by Crippen LogP contribution is 2.10. The molecule has 0 spiro atoms. The van der Waals surface area contributed by atoms with Crippen molar-refractivity contribution in [1.29, 1.82) is 0 Å². The maximum Gasteiger partial charge on any atom is 0.0897 e. The van der Waals surface area contributed by atoms with E-state index in [9.17, 15) is 0 Å². The first-order valence-corrected chi connectivity index (χ1v) is 5.26. The lowest BCUT2D eigenvalue weighted by molar-refractivity contribution is 0.700. The Bertz CT molecular complexity index is 379. The standard InChI is InChI=1S/C9H12N4S/c1-7-11-6-9(14-7)5-10-2-8-3-12-13-4-8/h3-4,6,10H,2,5H2,1H3,(H,12,13). The molecule has 0 aliphatic carbocycles. The summed E-state index contributed by atoms with van der Waals surface area (Å²) in [5.74, 6) is 0. The second kappa shape index (κ2) is 4.34. The Morgan fingerprint density at radius 1 is 1.43 bits per heavy atom. The van der Waals surface area contributed by atoms with E-state index in [-0.39, 0.29) is 0 Å². The average molecular weight is 208 g/mol. The van der Waals surface area contributed by atoms with E-state index in [0.29, 0.717) is 0 Å². The molecule has 0 saturated carbocycles. The zero-order valence-electron chi connectivity index (χ0n) is 7.95. The van der Waals surface area contributed by atoms with E-state index in [1.54, 1.807) is 11.3 Å². The number of hydrogen-bond acceptors (Lipinski definition) is 4. The third kappa shape index (κ3) is 2.40. The predicted molar refractivity (Wildman–Crippen MR) is 56.0 cm³/mol. The van der Waals surface area contributed by atoms with Crippen molar-refractivity contribution in [3.8, 4) is 0 Å². The first-order chi connectivity index (χ1) is 6.84. The fraction of sp³-hybridized carbons (Fsp3) is 0.333. The Morgan fingerprint density at radius 3 is 3.00 bits per heavy atom. The lowest BCUT2D eigenvalue weighted by Gasteiger charge is -1.98. The molecule has 0 fully saturated rings. The van der Waals surface area contributed by atoms with Crippen LogP contribution in [0.25, 0.3) is 0 Å². The highest BCUT2D eigenvalue weighted by atomic mass is 32.1. The molecular formula is C9H12N4S. The summed E-state index contributed by atoms with van der Waals surface area (Å²) in [6, 6.07) is 0. The topological polar surface area (TPSA) is 53.6 Å². The van der Waals surface area contributed by atoms with Crippen LogP contribution in [0.15, 0.2) is 18.6 Å². The van der Waals surface area contributed by atoms with Crippen LogP contribution in [0.1, 0.15) is 15.4 Å². The van der Waals surface area contributed by atoms with Crippen molar-refractivity contribution in [2.24, 2.45) is 0 Å². The predicted octanol–water partition coefficient (Wildman–Crippen LogP) is 1.46. The van der Waals surface area contributed by atoms with Gasteiger partial charge in [0.05, 0.1) is 11.2 Å². The summed E-state index contributed by atoms with van der Waals surface area (Å²) in [6.45, 7) is 3.73. The van der Waals surface area contributed by atoms with Gasteiger partial charge < -0.3 is 5.32 Å². The quantitative estimate of drug-likeness (QED) is 0.800. The molecule has 2 heterocycles. The molecule has 4 nitrogen and oxygen atoms in total. The highest BCUT2D eigenvalue weighted by Gasteiger charge is 1.98. The second-order valence-electron chi connectivity index (χ2n) is 3.06. The molecular weight excluding hydrogens is 196 g/mol. The summed E-state index contributed by atoms with van der Waals surface area (Å²) >= 11 is 1.73. The number of nitrogens with one attached hydrogen (secondary N) is 2. The Kier molecular flexibility index (Phi) is 2.90. The van der Waals surface area contributed by atoms with E-state index < -0.39 is 0 Å². The molecule has 14 heavy (non-hydrogen) atoms. The minimum atomic E-state index is 0.841. The lowest BCUT2D eigenvalue weighted by Crippen LogP contribution is -2.11. The van der Waals surface area contributed by atoms with E-state index in [1.807, 2.05) is 25.5 Å². The van der Waals surface area contributed by atoms with Gasteiger partial charge >= 0.3 is 0 Å². The molecule has 5 heteroatoms. The Hall–Kier alpha value is -1.20. The van der Waals surface area contributed by atoms with E-state index in [2.05, 4.69) is 20.5 Å². The van der Waals surface area contributed by atoms with Gasteiger partial charge in [-0.3, -0.25) is 5.10 Å². The molecule has 2 rings (SSSR count). The highest BCUT2D eigenvalue weighted by molar-refractivity contribution is 7.11. The largest absolute Gasteiger partial charge is 0.308 e. The number of rotatable bonds is 4. The molecule has 2 aromatic rings. The number of aromatic nitrogens is 3. The number of aromatic amines is 1. The molecule has 2 N–H and O–H groups in total. The van der Waals surface area contributed by atoms with Gasteiger partial charge in [0.15, 0.2) is 0 Å². The van der Waals surface area contributed by atoms with Gasteiger partial charge in [-0.2, -0.15) is 5.10 Å². The van der Waals surface area contributed by atoms with E-state index in [0.717, 1.165) is 18.1 Å². The molecule has 0 aromatic carbocycles. The third-order valence-corrected chi connectivity index (χ3v) is 2.77. The summed E-state index contributed by atoms with van der Waals surface area (Å²) in [5, 5.41) is 11.1. The maximum absolute atomic E-state index is 4.19. The summed E-state index contributed by atoms with van der Waals surface area (Å²) in [5.41, 5.74) is 1.17. The van der Waals surface area contributed by atoms with Crippen molar-refractivity contribution in [1.82, 2.24) is 20.5 Å². The average Bonchev–Trinajstić information content (AvgIpc) is 2.77. The zero-order chi connectivity index (χ0) is 9.80. The second-order valence-corrected chi connectivity index (χ2v) is 4.38. The van der Waals surface area contributed by atoms with Gasteiger partial charge in [0.2, 0.25) is 0 Å². The van der Waals surface area contributed by atoms with Crippen molar-refractivity contribution in [3.05, 3.63) is 34.0 Å². The van der Waals surface area contributed by atoms with Gasteiger partial charge in [-0.05, 0) is 6.92 Å².